The highest BCUT2D eigenvalue weighted by atomic mass is 19.4. The highest BCUT2D eigenvalue weighted by molar-refractivity contribution is 6.02. The molecule has 0 aromatic heterocycles. The van der Waals surface area contributed by atoms with Gasteiger partial charge in [0.1, 0.15) is 0 Å². The van der Waals surface area contributed by atoms with Gasteiger partial charge >= 0.3 is 6.18 Å². The van der Waals surface area contributed by atoms with E-state index < -0.39 is 18.2 Å². The number of alkyl halides is 3. The Morgan fingerprint density at radius 2 is 1.93 bits per heavy atom. The second-order valence-electron chi connectivity index (χ2n) is 7.50. The molecule has 30 heavy (non-hydrogen) atoms. The van der Waals surface area contributed by atoms with Crippen molar-refractivity contribution in [2.45, 2.75) is 24.1 Å². The average molecular weight is 413 g/mol. The molecule has 2 aliphatic heterocycles. The van der Waals surface area contributed by atoms with Crippen molar-refractivity contribution in [3.63, 3.8) is 0 Å². The predicted octanol–water partition coefficient (Wildman–Crippen LogP) is 5.16. The number of oxime groups is 1. The Morgan fingerprint density at radius 1 is 1.07 bits per heavy atom. The third kappa shape index (κ3) is 3.01. The first kappa shape index (κ1) is 18.9. The number of benzene rings is 2. The molecule has 0 spiro atoms. The molecule has 3 aliphatic rings. The molecule has 0 bridgehead atoms. The molecule has 5 rings (SSSR count). The van der Waals surface area contributed by atoms with E-state index in [0.717, 1.165) is 17.4 Å². The largest absolute Gasteiger partial charge is 0.475 e. The van der Waals surface area contributed by atoms with E-state index >= 15 is 0 Å². The van der Waals surface area contributed by atoms with Crippen LogP contribution in [0.4, 0.5) is 13.2 Å². The van der Waals surface area contributed by atoms with E-state index in [0.29, 0.717) is 5.56 Å². The van der Waals surface area contributed by atoms with Crippen LogP contribution < -0.4 is 0 Å². The van der Waals surface area contributed by atoms with Crippen molar-refractivity contribution >= 4 is 11.8 Å². The summed E-state index contributed by atoms with van der Waals surface area (Å²) in [4.78, 5) is 5.05. The van der Waals surface area contributed by atoms with Crippen LogP contribution in [0.15, 0.2) is 71.6 Å². The summed E-state index contributed by atoms with van der Waals surface area (Å²) in [5.41, 5.74) is 1.47. The Bertz CT molecular complexity index is 1070. The van der Waals surface area contributed by atoms with Gasteiger partial charge in [0.2, 0.25) is 0 Å². The molecule has 0 fully saturated rings. The van der Waals surface area contributed by atoms with Crippen LogP contribution in [-0.2, 0) is 14.3 Å². The van der Waals surface area contributed by atoms with Crippen LogP contribution in [0.1, 0.15) is 34.6 Å². The van der Waals surface area contributed by atoms with Crippen LogP contribution in [0.5, 0.6) is 0 Å². The molecule has 0 radical (unpaired) electrons. The zero-order valence-corrected chi connectivity index (χ0v) is 15.9. The van der Waals surface area contributed by atoms with E-state index in [1.807, 2.05) is 36.4 Å². The van der Waals surface area contributed by atoms with Gasteiger partial charge in [0.05, 0.1) is 18.6 Å². The maximum Gasteiger partial charge on any atom is 0.435 e. The molecule has 2 aromatic rings. The third-order valence-electron chi connectivity index (χ3n) is 5.72. The zero-order valence-electron chi connectivity index (χ0n) is 15.9. The number of rotatable bonds is 3. The molecule has 1 aliphatic carbocycles. The van der Waals surface area contributed by atoms with Crippen LogP contribution in [-0.4, -0.2) is 30.9 Å². The van der Waals surface area contributed by atoms with Crippen LogP contribution in [0.25, 0.3) is 6.08 Å². The Hall–Kier alpha value is -3.06. The summed E-state index contributed by atoms with van der Waals surface area (Å²) in [6, 6.07) is 15.5. The van der Waals surface area contributed by atoms with Gasteiger partial charge in [-0.15, -0.1) is 0 Å². The van der Waals surface area contributed by atoms with E-state index in [-0.39, 0.29) is 30.6 Å². The van der Waals surface area contributed by atoms with Gasteiger partial charge < -0.3 is 14.3 Å². The fourth-order valence-electron chi connectivity index (χ4n) is 4.13. The standard InChI is InChI=1S/C23H18F3NO3/c24-23(25,26)22(18-12-28-14-29-13-18)11-21(27-30-22)17-6-3-5-16(10-17)20-9-8-15-4-1-2-7-19(15)20/h1-10,12,20H,11,13-14H2. The minimum atomic E-state index is -4.67. The molecule has 4 nitrogen and oxygen atoms in total. The van der Waals surface area contributed by atoms with Crippen molar-refractivity contribution in [1.82, 2.24) is 0 Å². The van der Waals surface area contributed by atoms with Crippen molar-refractivity contribution in [3.05, 3.63) is 88.7 Å². The maximum atomic E-state index is 14.0. The van der Waals surface area contributed by atoms with E-state index in [1.165, 1.54) is 5.56 Å². The van der Waals surface area contributed by atoms with Crippen molar-refractivity contribution in [2.24, 2.45) is 5.16 Å². The Kier molecular flexibility index (Phi) is 4.43. The van der Waals surface area contributed by atoms with Crippen molar-refractivity contribution in [1.29, 1.82) is 0 Å². The van der Waals surface area contributed by atoms with E-state index in [1.54, 1.807) is 6.07 Å². The molecule has 2 atom stereocenters. The Balaban J connectivity index is 1.46. The first-order chi connectivity index (χ1) is 14.5. The van der Waals surface area contributed by atoms with E-state index in [9.17, 15) is 13.2 Å². The molecule has 154 valence electrons. The van der Waals surface area contributed by atoms with Crippen molar-refractivity contribution in [3.8, 4) is 0 Å². The highest BCUT2D eigenvalue weighted by Crippen LogP contribution is 2.47. The lowest BCUT2D eigenvalue weighted by Gasteiger charge is -2.32. The minimum Gasteiger partial charge on any atom is -0.475 e. The summed E-state index contributed by atoms with van der Waals surface area (Å²) in [7, 11) is 0. The van der Waals surface area contributed by atoms with Gasteiger partial charge in [-0.1, -0.05) is 59.8 Å². The Morgan fingerprint density at radius 3 is 2.73 bits per heavy atom. The van der Waals surface area contributed by atoms with Crippen molar-refractivity contribution in [2.75, 3.05) is 13.4 Å². The summed E-state index contributed by atoms with van der Waals surface area (Å²) in [5.74, 6) is 0.0549. The highest BCUT2D eigenvalue weighted by Gasteiger charge is 2.63. The second kappa shape index (κ2) is 7.02. The first-order valence-electron chi connectivity index (χ1n) is 9.56. The van der Waals surface area contributed by atoms with Gasteiger partial charge in [-0.2, -0.15) is 13.2 Å². The number of halogens is 3. The van der Waals surface area contributed by atoms with Gasteiger partial charge in [0, 0.05) is 17.9 Å². The fourth-order valence-corrected chi connectivity index (χ4v) is 4.13. The lowest BCUT2D eigenvalue weighted by atomic mass is 9.85. The fraction of sp³-hybridized carbons (Fsp3) is 0.261. The number of fused-ring (bicyclic) bond motifs is 1. The quantitative estimate of drug-likeness (QED) is 0.698. The Labute approximate surface area is 171 Å². The van der Waals surface area contributed by atoms with Gasteiger partial charge in [-0.25, -0.2) is 0 Å². The number of hydrogen-bond acceptors (Lipinski definition) is 4. The first-order valence-corrected chi connectivity index (χ1v) is 9.56. The summed E-state index contributed by atoms with van der Waals surface area (Å²) in [6.45, 7) is -0.296. The number of allylic oxidation sites excluding steroid dienone is 1. The maximum absolute atomic E-state index is 14.0. The zero-order chi connectivity index (χ0) is 20.8. The SMILES string of the molecule is FC(F)(F)C1(C2=COCOC2)CC(c2cccc(C3C=Cc4ccccc43)c2)=NO1. The predicted molar refractivity (Wildman–Crippen MR) is 105 cm³/mol. The van der Waals surface area contributed by atoms with Gasteiger partial charge in [0.15, 0.2) is 6.79 Å². The lowest BCUT2D eigenvalue weighted by molar-refractivity contribution is -0.258. The minimum absolute atomic E-state index is 0.0549. The molecular weight excluding hydrogens is 395 g/mol. The van der Waals surface area contributed by atoms with Crippen LogP contribution >= 0.6 is 0 Å². The van der Waals surface area contributed by atoms with Crippen molar-refractivity contribution < 1.29 is 27.5 Å². The second-order valence-corrected chi connectivity index (χ2v) is 7.50. The summed E-state index contributed by atoms with van der Waals surface area (Å²) >= 11 is 0. The molecule has 2 aromatic carbocycles. The third-order valence-corrected chi connectivity index (χ3v) is 5.72. The number of hydrogen-bond donors (Lipinski definition) is 0. The molecule has 0 saturated heterocycles. The van der Waals surface area contributed by atoms with Crippen LogP contribution in [0.2, 0.25) is 0 Å². The normalized spacial score (nSPS) is 25.2. The molecule has 2 heterocycles. The number of nitrogens with zero attached hydrogens (tertiary/aromatic N) is 1. The van der Waals surface area contributed by atoms with Gasteiger partial charge in [0.25, 0.3) is 5.60 Å². The summed E-state index contributed by atoms with van der Waals surface area (Å²) in [5, 5.41) is 3.84. The lowest BCUT2D eigenvalue weighted by Crippen LogP contribution is -2.49. The van der Waals surface area contributed by atoms with E-state index in [4.69, 9.17) is 14.3 Å². The molecule has 7 heteroatoms. The molecule has 0 N–H and O–H groups in total. The van der Waals surface area contributed by atoms with Gasteiger partial charge in [-0.05, 0) is 28.3 Å². The summed E-state index contributed by atoms with van der Waals surface area (Å²) < 4.78 is 52.1. The number of ether oxygens (including phenoxy) is 2. The molecule has 2 unspecified atom stereocenters. The monoisotopic (exact) mass is 413 g/mol. The molecule has 0 amide bonds. The molecular formula is C23H18F3NO3. The van der Waals surface area contributed by atoms with E-state index in [2.05, 4.69) is 23.4 Å². The topological polar surface area (TPSA) is 40.0 Å². The smallest absolute Gasteiger partial charge is 0.435 e. The van der Waals surface area contributed by atoms with Gasteiger partial charge in [-0.3, -0.25) is 0 Å². The molecule has 0 saturated carbocycles. The average Bonchev–Trinajstić information content (AvgIpc) is 3.40. The van der Waals surface area contributed by atoms with Crippen LogP contribution in [0.3, 0.4) is 0 Å². The summed E-state index contributed by atoms with van der Waals surface area (Å²) in [6.07, 6.45) is 0.131. The van der Waals surface area contributed by atoms with Crippen LogP contribution in [0, 0.1) is 0 Å².